The van der Waals surface area contributed by atoms with Crippen LogP contribution in [0, 0.1) is 0 Å². The molecule has 3 N–H and O–H groups in total. The van der Waals surface area contributed by atoms with Gasteiger partial charge in [0.05, 0.1) is 10.8 Å². The molecule has 1 aromatic heterocycles. The summed E-state index contributed by atoms with van der Waals surface area (Å²) >= 11 is 1.44. The van der Waals surface area contributed by atoms with Crippen LogP contribution in [0.2, 0.25) is 0 Å². The Labute approximate surface area is 234 Å². The smallest absolute Gasteiger partial charge is 0.227 e. The van der Waals surface area contributed by atoms with Crippen LogP contribution in [-0.2, 0) is 4.79 Å². The van der Waals surface area contributed by atoms with Gasteiger partial charge >= 0.3 is 0 Å². The molecule has 1 amide bonds. The number of aliphatic imine (C=N–C) groups is 1. The maximum atomic E-state index is 13.1. The number of amides is 1. The Morgan fingerprint density at radius 1 is 1.00 bits per heavy atom. The van der Waals surface area contributed by atoms with Gasteiger partial charge in [-0.25, -0.2) is 4.99 Å². The standard InChI is InChI=1S/C31H37N5O2S/c1-20(21-11-13-22(14-12-21)28(37)27-10-7-19-39-27)30(38)32-23-15-17-24(18-16-23)33-31(2)34-26-9-6-5-8-25(26)29(35-31)36(3)4/h5-14,19-20,23-24,33-34H,15-18H2,1-4H3,(H,32,38). The molecule has 2 aliphatic rings. The van der Waals surface area contributed by atoms with E-state index < -0.39 is 5.79 Å². The number of benzene rings is 2. The normalized spacial score (nSPS) is 23.1. The monoisotopic (exact) mass is 543 g/mol. The fraction of sp³-hybridized carbons (Fsp3) is 0.387. The van der Waals surface area contributed by atoms with Gasteiger partial charge in [-0.1, -0.05) is 42.5 Å². The summed E-state index contributed by atoms with van der Waals surface area (Å²) in [6.45, 7) is 4.01. The number of thiophene rings is 1. The minimum absolute atomic E-state index is 0.0177. The van der Waals surface area contributed by atoms with E-state index in [2.05, 4.69) is 39.9 Å². The first-order valence-corrected chi connectivity index (χ1v) is 14.5. The first-order chi connectivity index (χ1) is 18.7. The van der Waals surface area contributed by atoms with Gasteiger partial charge in [-0.3, -0.25) is 14.9 Å². The van der Waals surface area contributed by atoms with Crippen molar-refractivity contribution < 1.29 is 9.59 Å². The van der Waals surface area contributed by atoms with Gasteiger partial charge in [0.2, 0.25) is 11.7 Å². The van der Waals surface area contributed by atoms with Crippen molar-refractivity contribution in [1.29, 1.82) is 0 Å². The van der Waals surface area contributed by atoms with Gasteiger partial charge < -0.3 is 15.5 Å². The summed E-state index contributed by atoms with van der Waals surface area (Å²) in [5.74, 6) is 0.125. The zero-order valence-electron chi connectivity index (χ0n) is 23.0. The Hall–Kier alpha value is -3.49. The van der Waals surface area contributed by atoms with Crippen molar-refractivity contribution in [3.8, 4) is 0 Å². The molecule has 1 fully saturated rings. The van der Waals surface area contributed by atoms with Crippen molar-refractivity contribution in [1.82, 2.24) is 15.5 Å². The van der Waals surface area contributed by atoms with Gasteiger partial charge in [0.15, 0.2) is 5.79 Å². The molecule has 2 atom stereocenters. The highest BCUT2D eigenvalue weighted by molar-refractivity contribution is 7.12. The highest BCUT2D eigenvalue weighted by Gasteiger charge is 2.34. The van der Waals surface area contributed by atoms with Crippen LogP contribution in [0.25, 0.3) is 0 Å². The Morgan fingerprint density at radius 3 is 2.36 bits per heavy atom. The number of hydrogen-bond acceptors (Lipinski definition) is 7. The number of hydrogen-bond donors (Lipinski definition) is 3. The SMILES string of the molecule is CC(C(=O)NC1CCC(NC2(C)N=C(N(C)C)c3ccccc3N2)CC1)c1ccc(C(=O)c2cccs2)cc1. The molecule has 3 aromatic rings. The van der Waals surface area contributed by atoms with Crippen LogP contribution in [0.5, 0.6) is 0 Å². The highest BCUT2D eigenvalue weighted by atomic mass is 32.1. The molecule has 204 valence electrons. The van der Waals surface area contributed by atoms with Crippen LogP contribution in [0.1, 0.15) is 71.8 Å². The van der Waals surface area contributed by atoms with Crippen molar-refractivity contribution in [3.05, 3.63) is 87.6 Å². The number of rotatable bonds is 7. The van der Waals surface area contributed by atoms with E-state index in [4.69, 9.17) is 4.99 Å². The lowest BCUT2D eigenvalue weighted by Crippen LogP contribution is -2.56. The molecule has 0 spiro atoms. The van der Waals surface area contributed by atoms with E-state index in [1.165, 1.54) is 11.3 Å². The van der Waals surface area contributed by atoms with Crippen molar-refractivity contribution in [2.24, 2.45) is 4.99 Å². The molecule has 2 unspecified atom stereocenters. The molecule has 8 heteroatoms. The van der Waals surface area contributed by atoms with Crippen molar-refractivity contribution in [2.75, 3.05) is 19.4 Å². The summed E-state index contributed by atoms with van der Waals surface area (Å²) in [5.41, 5.74) is 3.74. The lowest BCUT2D eigenvalue weighted by Gasteiger charge is -2.40. The van der Waals surface area contributed by atoms with Gasteiger partial charge in [-0.05, 0) is 68.7 Å². The second-order valence-corrected chi connectivity index (χ2v) is 11.9. The predicted octanol–water partition coefficient (Wildman–Crippen LogP) is 5.21. The Balaban J connectivity index is 1.14. The zero-order chi connectivity index (χ0) is 27.6. The number of carbonyl (C=O) groups is 2. The number of nitrogens with one attached hydrogen (secondary N) is 3. The molecule has 5 rings (SSSR count). The topological polar surface area (TPSA) is 85.8 Å². The second-order valence-electron chi connectivity index (χ2n) is 10.9. The van der Waals surface area contributed by atoms with E-state index >= 15 is 0 Å². The van der Waals surface area contributed by atoms with E-state index in [-0.39, 0.29) is 23.7 Å². The van der Waals surface area contributed by atoms with Crippen LogP contribution in [0.3, 0.4) is 0 Å². The highest BCUT2D eigenvalue weighted by Crippen LogP contribution is 2.29. The summed E-state index contributed by atoms with van der Waals surface area (Å²) in [4.78, 5) is 33.4. The van der Waals surface area contributed by atoms with Gasteiger partial charge in [0.25, 0.3) is 0 Å². The third-order valence-electron chi connectivity index (χ3n) is 7.67. The molecule has 39 heavy (non-hydrogen) atoms. The molecular formula is C31H37N5O2S. The number of amidine groups is 1. The third-order valence-corrected chi connectivity index (χ3v) is 8.54. The quantitative estimate of drug-likeness (QED) is 0.357. The molecule has 2 heterocycles. The maximum Gasteiger partial charge on any atom is 0.227 e. The first-order valence-electron chi connectivity index (χ1n) is 13.6. The van der Waals surface area contributed by atoms with Crippen LogP contribution >= 0.6 is 11.3 Å². The maximum absolute atomic E-state index is 13.1. The van der Waals surface area contributed by atoms with Crippen molar-refractivity contribution in [2.45, 2.75) is 63.3 Å². The Bertz CT molecular complexity index is 1340. The Kier molecular flexibility index (Phi) is 7.86. The Morgan fingerprint density at radius 2 is 1.69 bits per heavy atom. The molecule has 2 aromatic carbocycles. The van der Waals surface area contributed by atoms with E-state index in [0.717, 1.165) is 53.2 Å². The molecule has 0 saturated heterocycles. The number of fused-ring (bicyclic) bond motifs is 1. The molecular weight excluding hydrogens is 506 g/mol. The molecule has 1 saturated carbocycles. The molecule has 0 bridgehead atoms. The van der Waals surface area contributed by atoms with E-state index in [1.807, 2.05) is 74.9 Å². The van der Waals surface area contributed by atoms with Gasteiger partial charge in [0, 0.05) is 43.0 Å². The van der Waals surface area contributed by atoms with Gasteiger partial charge in [-0.2, -0.15) is 0 Å². The predicted molar refractivity (Wildman–Crippen MR) is 159 cm³/mol. The number of anilines is 1. The summed E-state index contributed by atoms with van der Waals surface area (Å²) in [5, 5.41) is 12.5. The average molecular weight is 544 g/mol. The molecule has 7 nitrogen and oxygen atoms in total. The van der Waals surface area contributed by atoms with Crippen LogP contribution in [0.4, 0.5) is 5.69 Å². The van der Waals surface area contributed by atoms with Crippen LogP contribution < -0.4 is 16.0 Å². The fourth-order valence-electron chi connectivity index (χ4n) is 5.49. The number of ketones is 1. The average Bonchev–Trinajstić information content (AvgIpc) is 3.48. The minimum Gasteiger partial charge on any atom is -0.362 e. The van der Waals surface area contributed by atoms with Gasteiger partial charge in [0.1, 0.15) is 5.84 Å². The largest absolute Gasteiger partial charge is 0.362 e. The number of para-hydroxylation sites is 1. The summed E-state index contributed by atoms with van der Waals surface area (Å²) < 4.78 is 0. The van der Waals surface area contributed by atoms with Crippen LogP contribution in [0.15, 0.2) is 71.0 Å². The van der Waals surface area contributed by atoms with Crippen LogP contribution in [-0.4, -0.2) is 54.4 Å². The van der Waals surface area contributed by atoms with E-state index in [1.54, 1.807) is 0 Å². The summed E-state index contributed by atoms with van der Waals surface area (Å²) in [7, 11) is 4.05. The van der Waals surface area contributed by atoms with E-state index in [0.29, 0.717) is 11.6 Å². The first kappa shape index (κ1) is 27.1. The molecule has 1 aliphatic heterocycles. The minimum atomic E-state index is -0.597. The number of nitrogens with zero attached hydrogens (tertiary/aromatic N) is 2. The third kappa shape index (κ3) is 6.07. The lowest BCUT2D eigenvalue weighted by atomic mass is 9.89. The zero-order valence-corrected chi connectivity index (χ0v) is 23.8. The van der Waals surface area contributed by atoms with Crippen molar-refractivity contribution in [3.63, 3.8) is 0 Å². The fourth-order valence-corrected chi connectivity index (χ4v) is 6.17. The van der Waals surface area contributed by atoms with E-state index in [9.17, 15) is 9.59 Å². The molecule has 1 aliphatic carbocycles. The van der Waals surface area contributed by atoms with Crippen molar-refractivity contribution >= 4 is 34.6 Å². The summed E-state index contributed by atoms with van der Waals surface area (Å²) in [6, 6.07) is 19.9. The van der Waals surface area contributed by atoms with Gasteiger partial charge in [-0.15, -0.1) is 11.3 Å². The molecule has 0 radical (unpaired) electrons. The second kappa shape index (κ2) is 11.3. The number of carbonyl (C=O) groups excluding carboxylic acids is 2. The summed E-state index contributed by atoms with van der Waals surface area (Å²) in [6.07, 6.45) is 3.76. The lowest BCUT2D eigenvalue weighted by molar-refractivity contribution is -0.123.